The number of esters is 1. The van der Waals surface area contributed by atoms with E-state index in [1.54, 1.807) is 17.5 Å². The van der Waals surface area contributed by atoms with Crippen LogP contribution in [0.1, 0.15) is 18.9 Å². The van der Waals surface area contributed by atoms with Gasteiger partial charge in [0, 0.05) is 15.0 Å². The van der Waals surface area contributed by atoms with Gasteiger partial charge in [0.05, 0.1) is 16.4 Å². The lowest BCUT2D eigenvalue weighted by Gasteiger charge is -2.10. The SMILES string of the molecule is O=C(Nc1ccc(S(=O)(=O)NC2CCOC2=O)cc1)c1cccs1.[HH].[HH]. The largest absolute Gasteiger partial charge is 0.464 e. The summed E-state index contributed by atoms with van der Waals surface area (Å²) in [6, 6.07) is 8.34. The fraction of sp³-hybridized carbons (Fsp3) is 0.200. The minimum absolute atomic E-state index is 0. The first-order valence-corrected chi connectivity index (χ1v) is 9.46. The topological polar surface area (TPSA) is 102 Å². The molecule has 1 saturated heterocycles. The Morgan fingerprint density at radius 3 is 2.58 bits per heavy atom. The molecule has 2 aromatic rings. The second-order valence-corrected chi connectivity index (χ2v) is 7.75. The Kier molecular flexibility index (Phi) is 4.65. The first-order valence-electron chi connectivity index (χ1n) is 7.09. The molecule has 1 aromatic heterocycles. The van der Waals surface area contributed by atoms with Crippen LogP contribution in [0.5, 0.6) is 0 Å². The van der Waals surface area contributed by atoms with E-state index in [-0.39, 0.29) is 20.3 Å². The normalized spacial score (nSPS) is 17.5. The van der Waals surface area contributed by atoms with Crippen LogP contribution >= 0.6 is 11.3 Å². The molecule has 1 unspecified atom stereocenters. The lowest BCUT2D eigenvalue weighted by molar-refractivity contribution is -0.139. The van der Waals surface area contributed by atoms with E-state index in [1.807, 2.05) is 0 Å². The van der Waals surface area contributed by atoms with Crippen molar-refractivity contribution in [2.75, 3.05) is 11.9 Å². The van der Waals surface area contributed by atoms with Crippen LogP contribution in [-0.4, -0.2) is 32.9 Å². The molecule has 0 bridgehead atoms. The van der Waals surface area contributed by atoms with Gasteiger partial charge in [0.2, 0.25) is 10.0 Å². The zero-order chi connectivity index (χ0) is 17.2. The third kappa shape index (κ3) is 3.64. The molecular weight excluding hydrogens is 352 g/mol. The molecule has 24 heavy (non-hydrogen) atoms. The summed E-state index contributed by atoms with van der Waals surface area (Å²) in [6.07, 6.45) is 0.313. The molecule has 1 aliphatic rings. The number of hydrogen-bond acceptors (Lipinski definition) is 6. The highest BCUT2D eigenvalue weighted by Gasteiger charge is 2.31. The standard InChI is InChI=1S/C15H14N2O5S2.2H2/c18-14(13-2-1-9-23-13)16-10-3-5-11(6-4-10)24(20,21)17-12-7-8-22-15(12)19;;/h1-6,9,12,17H,7-8H2,(H,16,18);2*1H. The van der Waals surface area contributed by atoms with Gasteiger partial charge in [-0.05, 0) is 35.7 Å². The van der Waals surface area contributed by atoms with Crippen molar-refractivity contribution in [3.8, 4) is 0 Å². The maximum Gasteiger partial charge on any atom is 0.324 e. The van der Waals surface area contributed by atoms with Crippen molar-refractivity contribution in [1.29, 1.82) is 0 Å². The number of cyclic esters (lactones) is 1. The number of anilines is 1. The van der Waals surface area contributed by atoms with Crippen LogP contribution in [-0.2, 0) is 19.6 Å². The molecule has 7 nitrogen and oxygen atoms in total. The highest BCUT2D eigenvalue weighted by atomic mass is 32.2. The molecule has 1 aromatic carbocycles. The van der Waals surface area contributed by atoms with Crippen molar-refractivity contribution in [3.05, 3.63) is 46.7 Å². The van der Waals surface area contributed by atoms with Gasteiger partial charge in [-0.1, -0.05) is 6.07 Å². The van der Waals surface area contributed by atoms with Gasteiger partial charge in [0.15, 0.2) is 0 Å². The van der Waals surface area contributed by atoms with Gasteiger partial charge < -0.3 is 10.1 Å². The molecule has 1 amide bonds. The van der Waals surface area contributed by atoms with Crippen molar-refractivity contribution >= 4 is 38.9 Å². The molecule has 0 radical (unpaired) electrons. The van der Waals surface area contributed by atoms with Crippen LogP contribution in [0.3, 0.4) is 0 Å². The predicted molar refractivity (Wildman–Crippen MR) is 92.6 cm³/mol. The Balaban J connectivity index is 0.00000169. The second kappa shape index (κ2) is 6.71. The lowest BCUT2D eigenvalue weighted by Crippen LogP contribution is -2.37. The summed E-state index contributed by atoms with van der Waals surface area (Å²) in [6.45, 7) is 0.208. The van der Waals surface area contributed by atoms with Gasteiger partial charge in [-0.25, -0.2) is 8.42 Å². The summed E-state index contributed by atoms with van der Waals surface area (Å²) in [4.78, 5) is 23.9. The highest BCUT2D eigenvalue weighted by molar-refractivity contribution is 7.89. The van der Waals surface area contributed by atoms with Crippen molar-refractivity contribution in [2.45, 2.75) is 17.4 Å². The summed E-state index contributed by atoms with van der Waals surface area (Å²) in [5.41, 5.74) is 0.479. The zero-order valence-electron chi connectivity index (χ0n) is 12.4. The summed E-state index contributed by atoms with van der Waals surface area (Å²) in [7, 11) is -3.83. The Hall–Kier alpha value is -2.23. The van der Waals surface area contributed by atoms with Gasteiger partial charge in [0.1, 0.15) is 6.04 Å². The van der Waals surface area contributed by atoms with Gasteiger partial charge in [-0.2, -0.15) is 4.72 Å². The molecular formula is C15H18N2O5S2. The van der Waals surface area contributed by atoms with Crippen molar-refractivity contribution < 1.29 is 25.6 Å². The van der Waals surface area contributed by atoms with Crippen LogP contribution in [0.2, 0.25) is 0 Å². The first kappa shape index (κ1) is 16.6. The zero-order valence-corrected chi connectivity index (χ0v) is 14.0. The molecule has 9 heteroatoms. The second-order valence-electron chi connectivity index (χ2n) is 5.09. The Labute approximate surface area is 145 Å². The summed E-state index contributed by atoms with van der Waals surface area (Å²) in [5, 5.41) is 4.48. The van der Waals surface area contributed by atoms with Crippen molar-refractivity contribution in [1.82, 2.24) is 4.72 Å². The Bertz CT molecular complexity index is 855. The fourth-order valence-electron chi connectivity index (χ4n) is 2.18. The summed E-state index contributed by atoms with van der Waals surface area (Å²) < 4.78 is 31.5. The van der Waals surface area contributed by atoms with Crippen LogP contribution in [0.4, 0.5) is 5.69 Å². The predicted octanol–water partition coefficient (Wildman–Crippen LogP) is 2.09. The number of hydrogen-bond donors (Lipinski definition) is 2. The Morgan fingerprint density at radius 2 is 2.00 bits per heavy atom. The van der Waals surface area contributed by atoms with Crippen molar-refractivity contribution in [2.24, 2.45) is 0 Å². The summed E-state index contributed by atoms with van der Waals surface area (Å²) in [5.74, 6) is -0.828. The third-order valence-corrected chi connectivity index (χ3v) is 5.76. The number of carbonyl (C=O) groups excluding carboxylic acids is 2. The molecule has 130 valence electrons. The monoisotopic (exact) mass is 370 g/mol. The van der Waals surface area contributed by atoms with Gasteiger partial charge >= 0.3 is 5.97 Å². The average Bonchev–Trinajstić information content (AvgIpc) is 3.20. The lowest BCUT2D eigenvalue weighted by atomic mass is 10.3. The average molecular weight is 370 g/mol. The minimum Gasteiger partial charge on any atom is -0.464 e. The number of amides is 1. The Morgan fingerprint density at radius 1 is 1.25 bits per heavy atom. The van der Waals surface area contributed by atoms with E-state index >= 15 is 0 Å². The molecule has 2 heterocycles. The van der Waals surface area contributed by atoms with E-state index in [0.717, 1.165) is 0 Å². The van der Waals surface area contributed by atoms with Crippen LogP contribution in [0.25, 0.3) is 0 Å². The van der Waals surface area contributed by atoms with Crippen LogP contribution in [0, 0.1) is 0 Å². The highest BCUT2D eigenvalue weighted by Crippen LogP contribution is 2.18. The molecule has 1 aliphatic heterocycles. The fourth-order valence-corrected chi connectivity index (χ4v) is 4.01. The van der Waals surface area contributed by atoms with Crippen molar-refractivity contribution in [3.63, 3.8) is 0 Å². The first-order chi connectivity index (χ1) is 11.5. The van der Waals surface area contributed by atoms with Gasteiger partial charge in [0.25, 0.3) is 5.91 Å². The number of thiophene rings is 1. The quantitative estimate of drug-likeness (QED) is 0.785. The van der Waals surface area contributed by atoms with E-state index in [9.17, 15) is 18.0 Å². The third-order valence-electron chi connectivity index (χ3n) is 3.40. The van der Waals surface area contributed by atoms with E-state index < -0.39 is 22.0 Å². The molecule has 0 aliphatic carbocycles. The molecule has 3 rings (SSSR count). The van der Waals surface area contributed by atoms with E-state index in [4.69, 9.17) is 4.74 Å². The number of sulfonamides is 1. The number of rotatable bonds is 5. The summed E-state index contributed by atoms with van der Waals surface area (Å²) >= 11 is 1.31. The molecule has 0 saturated carbocycles. The minimum atomic E-state index is -3.83. The van der Waals surface area contributed by atoms with Crippen LogP contribution < -0.4 is 10.0 Å². The van der Waals surface area contributed by atoms with E-state index in [1.165, 1.54) is 35.6 Å². The number of nitrogens with one attached hydrogen (secondary N) is 2. The number of ether oxygens (including phenoxy) is 1. The van der Waals surface area contributed by atoms with E-state index in [0.29, 0.717) is 17.0 Å². The van der Waals surface area contributed by atoms with Gasteiger partial charge in [-0.15, -0.1) is 11.3 Å². The maximum atomic E-state index is 12.2. The number of carbonyl (C=O) groups is 2. The molecule has 1 atom stereocenters. The van der Waals surface area contributed by atoms with Crippen LogP contribution in [0.15, 0.2) is 46.7 Å². The maximum absolute atomic E-state index is 12.2. The molecule has 1 fully saturated rings. The molecule has 0 spiro atoms. The number of benzene rings is 1. The van der Waals surface area contributed by atoms with E-state index in [2.05, 4.69) is 10.0 Å². The smallest absolute Gasteiger partial charge is 0.324 e. The van der Waals surface area contributed by atoms with Gasteiger partial charge in [-0.3, -0.25) is 9.59 Å². The molecule has 2 N–H and O–H groups in total.